The zero-order valence-corrected chi connectivity index (χ0v) is 9.82. The Morgan fingerprint density at radius 3 is 1.92 bits per heavy atom. The van der Waals surface area contributed by atoms with E-state index in [1.54, 1.807) is 6.07 Å². The van der Waals surface area contributed by atoms with Crippen LogP contribution in [0.1, 0.15) is 10.4 Å². The molecule has 0 unspecified atom stereocenters. The molecule has 0 heterocycles. The fourth-order valence-corrected chi connectivity index (χ4v) is 1.24. The minimum atomic E-state index is -1.36. The Labute approximate surface area is 102 Å². The maximum absolute atomic E-state index is 10.4. The third-order valence-corrected chi connectivity index (χ3v) is 1.80. The number of rotatable bonds is 1. The molecule has 5 heteroatoms. The van der Waals surface area contributed by atoms with Crippen LogP contribution in [0.15, 0.2) is 18.2 Å². The van der Waals surface area contributed by atoms with Crippen LogP contribution in [0, 0.1) is 0 Å². The van der Waals surface area contributed by atoms with Crippen molar-refractivity contribution in [1.82, 2.24) is 0 Å². The van der Waals surface area contributed by atoms with Crippen LogP contribution in [-0.4, -0.2) is 5.97 Å². The molecular weight excluding hydrogens is 210 g/mol. The van der Waals surface area contributed by atoms with E-state index in [1.807, 2.05) is 0 Å². The Balaban J connectivity index is 0.00000121. The average Bonchev–Trinajstić information content (AvgIpc) is 1.85. The van der Waals surface area contributed by atoms with Crippen molar-refractivity contribution in [2.24, 2.45) is 0 Å². The molecule has 0 aliphatic heterocycles. The summed E-state index contributed by atoms with van der Waals surface area (Å²) in [5.41, 5.74) is -0.157. The minimum Gasteiger partial charge on any atom is -0.545 e. The van der Waals surface area contributed by atoms with Gasteiger partial charge >= 0.3 is 29.6 Å². The summed E-state index contributed by atoms with van der Waals surface area (Å²) in [7, 11) is 0. The molecule has 1 aromatic rings. The molecule has 1 rings (SSSR count). The summed E-state index contributed by atoms with van der Waals surface area (Å²) in [6.07, 6.45) is 0. The molecule has 0 N–H and O–H groups in total. The van der Waals surface area contributed by atoms with E-state index in [2.05, 4.69) is 0 Å². The summed E-state index contributed by atoms with van der Waals surface area (Å²) in [6.45, 7) is 0. The van der Waals surface area contributed by atoms with Gasteiger partial charge in [0.1, 0.15) is 0 Å². The maximum atomic E-state index is 10.4. The zero-order valence-electron chi connectivity index (χ0n) is 6.30. The van der Waals surface area contributed by atoms with Crippen LogP contribution < -0.4 is 34.7 Å². The summed E-state index contributed by atoms with van der Waals surface area (Å²) >= 11 is 11.0. The Morgan fingerprint density at radius 1 is 1.25 bits per heavy atom. The Morgan fingerprint density at radius 2 is 1.67 bits per heavy atom. The molecule has 0 aliphatic carbocycles. The van der Waals surface area contributed by atoms with E-state index < -0.39 is 5.97 Å². The monoisotopic (exact) mass is 212 g/mol. The van der Waals surface area contributed by atoms with Crippen molar-refractivity contribution in [2.75, 3.05) is 0 Å². The van der Waals surface area contributed by atoms with E-state index in [4.69, 9.17) is 23.2 Å². The predicted molar refractivity (Wildman–Crippen MR) is 40.8 cm³/mol. The molecule has 0 spiro atoms. The Hall–Kier alpha value is 0.270. The van der Waals surface area contributed by atoms with Crippen molar-refractivity contribution in [2.45, 2.75) is 0 Å². The number of carboxylic acids is 1. The van der Waals surface area contributed by atoms with Gasteiger partial charge in [0.25, 0.3) is 0 Å². The molecule has 0 aliphatic rings. The number of hydrogen-bond donors (Lipinski definition) is 0. The molecule has 12 heavy (non-hydrogen) atoms. The van der Waals surface area contributed by atoms with Crippen molar-refractivity contribution in [3.63, 3.8) is 0 Å². The van der Waals surface area contributed by atoms with Crippen LogP contribution in [0.25, 0.3) is 0 Å². The predicted octanol–water partition coefficient (Wildman–Crippen LogP) is -1.64. The normalized spacial score (nSPS) is 8.83. The minimum absolute atomic E-state index is 0. The first-order chi connectivity index (χ1) is 5.13. The summed E-state index contributed by atoms with van der Waals surface area (Å²) in [6, 6.07) is 4.45. The fraction of sp³-hybridized carbons (Fsp3) is 0. The molecule has 0 saturated carbocycles. The van der Waals surface area contributed by atoms with E-state index in [1.165, 1.54) is 12.1 Å². The van der Waals surface area contributed by atoms with Gasteiger partial charge < -0.3 is 9.90 Å². The van der Waals surface area contributed by atoms with Gasteiger partial charge in [0.05, 0.1) is 16.0 Å². The molecule has 2 nitrogen and oxygen atoms in total. The van der Waals surface area contributed by atoms with Gasteiger partial charge in [0, 0.05) is 5.56 Å². The summed E-state index contributed by atoms with van der Waals surface area (Å²) in [4.78, 5) is 10.4. The Kier molecular flexibility index (Phi) is 5.21. The van der Waals surface area contributed by atoms with Crippen molar-refractivity contribution in [3.8, 4) is 0 Å². The second kappa shape index (κ2) is 5.10. The zero-order chi connectivity index (χ0) is 8.43. The van der Waals surface area contributed by atoms with Gasteiger partial charge in [-0.05, 0) is 12.1 Å². The van der Waals surface area contributed by atoms with Crippen molar-refractivity contribution >= 4 is 29.2 Å². The van der Waals surface area contributed by atoms with Crippen LogP contribution in [0.4, 0.5) is 0 Å². The molecular formula is C7H3Cl2NaO2. The standard InChI is InChI=1S/C7H4Cl2O2.Na/c8-4-2-1-3-5(9)6(4)7(10)11;/h1-3H,(H,10,11);/q;+1/p-1. The number of benzene rings is 1. The smallest absolute Gasteiger partial charge is 0.545 e. The molecule has 0 bridgehead atoms. The van der Waals surface area contributed by atoms with Crippen LogP contribution >= 0.6 is 23.2 Å². The first-order valence-electron chi connectivity index (χ1n) is 2.78. The topological polar surface area (TPSA) is 40.1 Å². The number of aromatic carboxylic acids is 1. The van der Waals surface area contributed by atoms with E-state index in [-0.39, 0.29) is 45.2 Å². The first kappa shape index (κ1) is 12.3. The van der Waals surface area contributed by atoms with Crippen molar-refractivity contribution < 1.29 is 39.5 Å². The van der Waals surface area contributed by atoms with Gasteiger partial charge in [-0.2, -0.15) is 0 Å². The second-order valence-electron chi connectivity index (χ2n) is 1.88. The number of carbonyl (C=O) groups is 1. The number of carbonyl (C=O) groups excluding carboxylic acids is 1. The van der Waals surface area contributed by atoms with Gasteiger partial charge in [-0.15, -0.1) is 0 Å². The molecule has 0 atom stereocenters. The number of hydrogen-bond acceptors (Lipinski definition) is 2. The van der Waals surface area contributed by atoms with E-state index in [0.29, 0.717) is 0 Å². The molecule has 0 saturated heterocycles. The molecule has 0 radical (unpaired) electrons. The van der Waals surface area contributed by atoms with E-state index in [9.17, 15) is 9.90 Å². The van der Waals surface area contributed by atoms with Crippen LogP contribution in [0.3, 0.4) is 0 Å². The molecule has 0 fully saturated rings. The van der Waals surface area contributed by atoms with Crippen LogP contribution in [0.5, 0.6) is 0 Å². The van der Waals surface area contributed by atoms with Crippen LogP contribution in [0.2, 0.25) is 10.0 Å². The van der Waals surface area contributed by atoms with Gasteiger partial charge in [0.2, 0.25) is 0 Å². The molecule has 1 aromatic carbocycles. The molecule has 0 aromatic heterocycles. The SMILES string of the molecule is O=C([O-])c1c(Cl)cccc1Cl.[Na+]. The van der Waals surface area contributed by atoms with Gasteiger partial charge in [-0.3, -0.25) is 0 Å². The average molecular weight is 213 g/mol. The second-order valence-corrected chi connectivity index (χ2v) is 2.70. The van der Waals surface area contributed by atoms with Crippen molar-refractivity contribution in [3.05, 3.63) is 33.8 Å². The number of carboxylic acid groups (broad SMARTS) is 1. The van der Waals surface area contributed by atoms with Gasteiger partial charge in [-0.25, -0.2) is 0 Å². The fourth-order valence-electron chi connectivity index (χ4n) is 0.693. The van der Waals surface area contributed by atoms with E-state index in [0.717, 1.165) is 0 Å². The molecule has 0 amide bonds. The Bertz CT molecular complexity index is 281. The third-order valence-electron chi connectivity index (χ3n) is 1.17. The van der Waals surface area contributed by atoms with E-state index >= 15 is 0 Å². The quantitative estimate of drug-likeness (QED) is 0.525. The van der Waals surface area contributed by atoms with Gasteiger partial charge in [-0.1, -0.05) is 29.3 Å². The van der Waals surface area contributed by atoms with Crippen LogP contribution in [-0.2, 0) is 0 Å². The largest absolute Gasteiger partial charge is 1.00 e. The maximum Gasteiger partial charge on any atom is 1.00 e. The molecule has 58 valence electrons. The summed E-state index contributed by atoms with van der Waals surface area (Å²) in [5, 5.41) is 10.6. The van der Waals surface area contributed by atoms with Crippen molar-refractivity contribution in [1.29, 1.82) is 0 Å². The first-order valence-corrected chi connectivity index (χ1v) is 3.54. The number of halogens is 2. The summed E-state index contributed by atoms with van der Waals surface area (Å²) < 4.78 is 0. The summed E-state index contributed by atoms with van der Waals surface area (Å²) in [5.74, 6) is -1.36. The third kappa shape index (κ3) is 2.64. The van der Waals surface area contributed by atoms with Gasteiger partial charge in [0.15, 0.2) is 0 Å².